The Labute approximate surface area is 227 Å². The number of piperazine rings is 1. The molecule has 3 aromatic heterocycles. The zero-order chi connectivity index (χ0) is 26.9. The van der Waals surface area contributed by atoms with E-state index in [2.05, 4.69) is 44.2 Å². The van der Waals surface area contributed by atoms with Crippen molar-refractivity contribution in [1.82, 2.24) is 24.8 Å². The second-order valence-electron chi connectivity index (χ2n) is 9.20. The average Bonchev–Trinajstić information content (AvgIpc) is 3.30. The minimum atomic E-state index is -3.50. The number of fused-ring (bicyclic) bond motifs is 1. The zero-order valence-corrected chi connectivity index (χ0v) is 22.7. The van der Waals surface area contributed by atoms with Gasteiger partial charge in [0.15, 0.2) is 0 Å². The molecule has 1 aliphatic rings. The first-order valence-electron chi connectivity index (χ1n) is 12.1. The van der Waals surface area contributed by atoms with E-state index in [9.17, 15) is 8.42 Å². The van der Waals surface area contributed by atoms with E-state index in [-0.39, 0.29) is 6.04 Å². The van der Waals surface area contributed by atoms with E-state index < -0.39 is 10.0 Å². The van der Waals surface area contributed by atoms with E-state index in [0.717, 1.165) is 47.0 Å². The summed E-state index contributed by atoms with van der Waals surface area (Å²) in [5.41, 5.74) is 3.37. The first-order valence-corrected chi connectivity index (χ1v) is 14.3. The molecule has 0 radical (unpaired) electrons. The first kappa shape index (κ1) is 26.0. The third-order valence-electron chi connectivity index (χ3n) is 6.53. The van der Waals surface area contributed by atoms with Crippen LogP contribution in [0.5, 0.6) is 0 Å². The number of sulfonamides is 1. The normalized spacial score (nSPS) is 16.0. The van der Waals surface area contributed by atoms with Crippen molar-refractivity contribution in [1.29, 1.82) is 0 Å². The zero-order valence-electron chi connectivity index (χ0n) is 21.2. The lowest BCUT2D eigenvalue weighted by molar-refractivity contribution is 0.518. The molecule has 0 bridgehead atoms. The van der Waals surface area contributed by atoms with Gasteiger partial charge in [-0.3, -0.25) is 4.31 Å². The quantitative estimate of drug-likeness (QED) is 0.319. The van der Waals surface area contributed by atoms with Gasteiger partial charge >= 0.3 is 0 Å². The van der Waals surface area contributed by atoms with Gasteiger partial charge in [0.05, 0.1) is 17.8 Å². The van der Waals surface area contributed by atoms with Crippen molar-refractivity contribution in [2.45, 2.75) is 12.6 Å². The Morgan fingerprint density at radius 1 is 1.24 bits per heavy atom. The summed E-state index contributed by atoms with van der Waals surface area (Å²) in [5, 5.41) is 7.99. The van der Waals surface area contributed by atoms with Crippen molar-refractivity contribution in [2.24, 2.45) is 0 Å². The van der Waals surface area contributed by atoms with Crippen LogP contribution in [0.2, 0.25) is 5.02 Å². The Kier molecular flexibility index (Phi) is 7.24. The van der Waals surface area contributed by atoms with Crippen LogP contribution in [0.15, 0.2) is 67.6 Å². The van der Waals surface area contributed by atoms with E-state index in [4.69, 9.17) is 16.6 Å². The van der Waals surface area contributed by atoms with Crippen molar-refractivity contribution >= 4 is 55.8 Å². The Bertz CT molecular complexity index is 1570. The number of halogens is 1. The van der Waals surface area contributed by atoms with Crippen LogP contribution in [0.25, 0.3) is 11.0 Å². The molecule has 1 saturated heterocycles. The molecule has 0 unspecified atom stereocenters. The predicted octanol–water partition coefficient (Wildman–Crippen LogP) is 3.63. The first-order chi connectivity index (χ1) is 18.2. The van der Waals surface area contributed by atoms with Crippen molar-refractivity contribution in [3.8, 4) is 0 Å². The number of benzene rings is 1. The molecular formula is C26H29ClN8O2S. The third-order valence-corrected chi connectivity index (χ3v) is 7.90. The fourth-order valence-corrected chi connectivity index (χ4v) is 5.09. The number of nitrogens with zero attached hydrogens (tertiary/aromatic N) is 6. The van der Waals surface area contributed by atoms with Gasteiger partial charge in [-0.25, -0.2) is 18.4 Å². The van der Waals surface area contributed by atoms with Gasteiger partial charge in [0, 0.05) is 73.6 Å². The highest BCUT2D eigenvalue weighted by Crippen LogP contribution is 2.26. The van der Waals surface area contributed by atoms with Crippen LogP contribution in [0.4, 0.5) is 23.1 Å². The maximum Gasteiger partial charge on any atom is 0.233 e. The number of aromatic nitrogens is 4. The molecule has 2 N–H and O–H groups in total. The summed E-state index contributed by atoms with van der Waals surface area (Å²) in [7, 11) is -2.03. The summed E-state index contributed by atoms with van der Waals surface area (Å²) >= 11 is 6.20. The van der Waals surface area contributed by atoms with Crippen molar-refractivity contribution in [3.05, 3.63) is 78.2 Å². The second-order valence-corrected chi connectivity index (χ2v) is 11.6. The number of rotatable bonds is 8. The Balaban J connectivity index is 1.37. The van der Waals surface area contributed by atoms with E-state index in [1.165, 1.54) is 13.2 Å². The summed E-state index contributed by atoms with van der Waals surface area (Å²) in [6.45, 7) is 6.97. The van der Waals surface area contributed by atoms with Gasteiger partial charge in [-0.1, -0.05) is 17.7 Å². The highest BCUT2D eigenvalue weighted by atomic mass is 35.5. The minimum absolute atomic E-state index is 0.281. The van der Waals surface area contributed by atoms with E-state index in [1.54, 1.807) is 12.3 Å². The van der Waals surface area contributed by atoms with E-state index in [1.807, 2.05) is 35.0 Å². The second kappa shape index (κ2) is 10.6. The molecule has 1 fully saturated rings. The van der Waals surface area contributed by atoms with Crippen molar-refractivity contribution in [2.75, 3.05) is 47.5 Å². The molecule has 10 nitrogen and oxygen atoms in total. The van der Waals surface area contributed by atoms with Gasteiger partial charge in [0.25, 0.3) is 0 Å². The maximum atomic E-state index is 12.1. The lowest BCUT2D eigenvalue weighted by Crippen LogP contribution is -2.49. The highest BCUT2D eigenvalue weighted by molar-refractivity contribution is 7.92. The smallest absolute Gasteiger partial charge is 0.233 e. The SMILES string of the molecule is C=C[C@H]1CN(c2ccc(Nc3ncc4ccn(Cc5cc(Cl)cnc5N(C)S(C)(=O)=O)c4n3)cc2)CCN1. The summed E-state index contributed by atoms with van der Waals surface area (Å²) < 4.78 is 27.4. The van der Waals surface area contributed by atoms with Gasteiger partial charge in [0.2, 0.25) is 16.0 Å². The monoisotopic (exact) mass is 552 g/mol. The molecular weight excluding hydrogens is 524 g/mol. The Hall–Kier alpha value is -3.67. The van der Waals surface area contributed by atoms with Gasteiger partial charge in [-0.15, -0.1) is 6.58 Å². The molecule has 38 heavy (non-hydrogen) atoms. The predicted molar refractivity (Wildman–Crippen MR) is 153 cm³/mol. The van der Waals surface area contributed by atoms with Crippen LogP contribution < -0.4 is 19.8 Å². The topological polar surface area (TPSA) is 108 Å². The molecule has 12 heteroatoms. The van der Waals surface area contributed by atoms with Crippen LogP contribution >= 0.6 is 11.6 Å². The molecule has 0 spiro atoms. The average molecular weight is 553 g/mol. The molecule has 0 saturated carbocycles. The van der Waals surface area contributed by atoms with Gasteiger partial charge in [0.1, 0.15) is 11.5 Å². The fourth-order valence-electron chi connectivity index (χ4n) is 4.43. The molecule has 4 heterocycles. The van der Waals surface area contributed by atoms with Crippen LogP contribution in [0.3, 0.4) is 0 Å². The molecule has 5 rings (SSSR count). The lowest BCUT2D eigenvalue weighted by Gasteiger charge is -2.34. The molecule has 198 valence electrons. The van der Waals surface area contributed by atoms with E-state index >= 15 is 0 Å². The summed E-state index contributed by atoms with van der Waals surface area (Å²) in [6, 6.07) is 12.1. The minimum Gasteiger partial charge on any atom is -0.368 e. The van der Waals surface area contributed by atoms with Crippen LogP contribution in [-0.4, -0.2) is 66.9 Å². The number of hydrogen-bond donors (Lipinski definition) is 2. The van der Waals surface area contributed by atoms with Crippen LogP contribution in [-0.2, 0) is 16.6 Å². The fraction of sp³-hybridized carbons (Fsp3) is 0.269. The molecule has 1 aliphatic heterocycles. The number of anilines is 4. The lowest BCUT2D eigenvalue weighted by atomic mass is 10.1. The van der Waals surface area contributed by atoms with Crippen LogP contribution in [0.1, 0.15) is 5.56 Å². The number of nitrogens with one attached hydrogen (secondary N) is 2. The maximum absolute atomic E-state index is 12.1. The molecule has 0 aliphatic carbocycles. The molecule has 1 aromatic carbocycles. The Morgan fingerprint density at radius 3 is 2.76 bits per heavy atom. The van der Waals surface area contributed by atoms with Crippen LogP contribution in [0, 0.1) is 0 Å². The standard InChI is InChI=1S/C26H29ClN8O2S/c1-4-21-17-34(12-10-28-21)23-7-5-22(6-8-23)31-26-30-14-18-9-11-35(25(18)32-26)16-19-13-20(27)15-29-24(19)33(2)38(3,36)37/h4-9,11,13-15,21,28H,1,10,12,16-17H2,2-3H3,(H,30,31,32)/t21-/m0/s1. The van der Waals surface area contributed by atoms with Crippen molar-refractivity contribution < 1.29 is 8.42 Å². The number of pyridine rings is 1. The van der Waals surface area contributed by atoms with E-state index in [0.29, 0.717) is 34.5 Å². The summed E-state index contributed by atoms with van der Waals surface area (Å²) in [4.78, 5) is 15.8. The van der Waals surface area contributed by atoms with Gasteiger partial charge in [-0.05, 0) is 36.4 Å². The molecule has 1 atom stereocenters. The van der Waals surface area contributed by atoms with Crippen molar-refractivity contribution in [3.63, 3.8) is 0 Å². The number of hydrogen-bond acceptors (Lipinski definition) is 8. The summed E-state index contributed by atoms with van der Waals surface area (Å²) in [5.74, 6) is 0.770. The highest BCUT2D eigenvalue weighted by Gasteiger charge is 2.19. The summed E-state index contributed by atoms with van der Waals surface area (Å²) in [6.07, 6.45) is 8.15. The largest absolute Gasteiger partial charge is 0.368 e. The molecule has 0 amide bonds. The third kappa shape index (κ3) is 5.59. The Morgan fingerprint density at radius 2 is 2.03 bits per heavy atom. The van der Waals surface area contributed by atoms with Gasteiger partial charge in [-0.2, -0.15) is 4.98 Å². The van der Waals surface area contributed by atoms with Gasteiger partial charge < -0.3 is 20.1 Å². The molecule has 4 aromatic rings.